The second-order valence-corrected chi connectivity index (χ2v) is 6.91. The standard InChI is InChI=1S/C23H25NO4/c1-3-4-5-14-21(22(25)26)24(2)23(27)28-15-20-18-12-8-6-10-16(18)17-11-7-9-13-19(17)20/h5-14,20-21H,3-4,15H2,1-2H3,(H,25,26). The minimum Gasteiger partial charge on any atom is -0.479 e. The van der Waals surface area contributed by atoms with E-state index in [1.54, 1.807) is 6.08 Å². The number of nitrogens with zero attached hydrogens (tertiary/aromatic N) is 1. The number of benzene rings is 2. The average Bonchev–Trinajstić information content (AvgIpc) is 3.02. The molecular weight excluding hydrogens is 354 g/mol. The molecule has 2 aromatic rings. The molecule has 1 aliphatic carbocycles. The third-order valence-electron chi connectivity index (χ3n) is 5.07. The van der Waals surface area contributed by atoms with E-state index in [-0.39, 0.29) is 12.5 Å². The Morgan fingerprint density at radius 1 is 1.11 bits per heavy atom. The van der Waals surface area contributed by atoms with E-state index in [0.717, 1.165) is 40.0 Å². The van der Waals surface area contributed by atoms with Gasteiger partial charge < -0.3 is 9.84 Å². The summed E-state index contributed by atoms with van der Waals surface area (Å²) in [5.41, 5.74) is 4.55. The first-order valence-corrected chi connectivity index (χ1v) is 9.51. The minimum absolute atomic E-state index is 0.0522. The lowest BCUT2D eigenvalue weighted by Gasteiger charge is -2.23. The molecule has 1 amide bonds. The van der Waals surface area contributed by atoms with Crippen LogP contribution in [0.3, 0.4) is 0 Å². The Morgan fingerprint density at radius 2 is 1.68 bits per heavy atom. The quantitative estimate of drug-likeness (QED) is 0.710. The molecule has 146 valence electrons. The Morgan fingerprint density at radius 3 is 2.21 bits per heavy atom. The molecule has 1 atom stereocenters. The Hall–Kier alpha value is -3.08. The van der Waals surface area contributed by atoms with Crippen molar-refractivity contribution in [1.29, 1.82) is 0 Å². The first-order chi connectivity index (χ1) is 13.5. The van der Waals surface area contributed by atoms with Crippen LogP contribution in [0.5, 0.6) is 0 Å². The molecule has 0 radical (unpaired) electrons. The number of carbonyl (C=O) groups excluding carboxylic acids is 1. The van der Waals surface area contributed by atoms with Gasteiger partial charge in [-0.15, -0.1) is 0 Å². The van der Waals surface area contributed by atoms with Crippen molar-refractivity contribution >= 4 is 12.1 Å². The summed E-state index contributed by atoms with van der Waals surface area (Å²) in [6.07, 6.45) is 4.36. The third kappa shape index (κ3) is 3.93. The Kier molecular flexibility index (Phi) is 6.14. The number of carboxylic acid groups (broad SMARTS) is 1. The molecule has 1 unspecified atom stereocenters. The summed E-state index contributed by atoms with van der Waals surface area (Å²) >= 11 is 0. The smallest absolute Gasteiger partial charge is 0.410 e. The van der Waals surface area contributed by atoms with Crippen LogP contribution in [0.2, 0.25) is 0 Å². The molecule has 28 heavy (non-hydrogen) atoms. The van der Waals surface area contributed by atoms with Crippen LogP contribution in [0, 0.1) is 0 Å². The normalized spacial score (nSPS) is 13.8. The van der Waals surface area contributed by atoms with Gasteiger partial charge >= 0.3 is 12.1 Å². The van der Waals surface area contributed by atoms with Crippen molar-refractivity contribution in [2.24, 2.45) is 0 Å². The highest BCUT2D eigenvalue weighted by atomic mass is 16.6. The predicted molar refractivity (Wildman–Crippen MR) is 108 cm³/mol. The van der Waals surface area contributed by atoms with Gasteiger partial charge in [-0.05, 0) is 28.7 Å². The van der Waals surface area contributed by atoms with E-state index in [9.17, 15) is 14.7 Å². The molecule has 1 aliphatic rings. The van der Waals surface area contributed by atoms with E-state index in [1.165, 1.54) is 13.1 Å². The fourth-order valence-electron chi connectivity index (χ4n) is 3.58. The zero-order valence-electron chi connectivity index (χ0n) is 16.2. The monoisotopic (exact) mass is 379 g/mol. The summed E-state index contributed by atoms with van der Waals surface area (Å²) < 4.78 is 5.53. The van der Waals surface area contributed by atoms with Crippen LogP contribution in [0.4, 0.5) is 4.79 Å². The van der Waals surface area contributed by atoms with Gasteiger partial charge in [-0.25, -0.2) is 9.59 Å². The molecule has 3 rings (SSSR count). The van der Waals surface area contributed by atoms with Crippen molar-refractivity contribution in [3.63, 3.8) is 0 Å². The number of ether oxygens (including phenoxy) is 1. The number of hydrogen-bond acceptors (Lipinski definition) is 3. The number of likely N-dealkylation sites (N-methyl/N-ethyl adjacent to an activating group) is 1. The molecule has 0 aliphatic heterocycles. The van der Waals surface area contributed by atoms with Crippen molar-refractivity contribution in [3.05, 3.63) is 71.8 Å². The van der Waals surface area contributed by atoms with Crippen molar-refractivity contribution in [2.75, 3.05) is 13.7 Å². The summed E-state index contributed by atoms with van der Waals surface area (Å²) in [5.74, 6) is -1.13. The van der Waals surface area contributed by atoms with Gasteiger partial charge in [0.2, 0.25) is 0 Å². The van der Waals surface area contributed by atoms with Crippen molar-refractivity contribution < 1.29 is 19.4 Å². The van der Waals surface area contributed by atoms with Crippen LogP contribution in [0.15, 0.2) is 60.7 Å². The maximum atomic E-state index is 12.5. The Bertz CT molecular complexity index is 844. The van der Waals surface area contributed by atoms with Gasteiger partial charge in [0.15, 0.2) is 6.04 Å². The van der Waals surface area contributed by atoms with E-state index in [1.807, 2.05) is 43.3 Å². The number of allylic oxidation sites excluding steroid dienone is 1. The van der Waals surface area contributed by atoms with Gasteiger partial charge in [-0.3, -0.25) is 4.90 Å². The van der Waals surface area contributed by atoms with Gasteiger partial charge in [0.1, 0.15) is 6.61 Å². The van der Waals surface area contributed by atoms with E-state index in [4.69, 9.17) is 4.74 Å². The van der Waals surface area contributed by atoms with Crippen LogP contribution < -0.4 is 0 Å². The maximum Gasteiger partial charge on any atom is 0.410 e. The van der Waals surface area contributed by atoms with Gasteiger partial charge in [-0.1, -0.05) is 74.0 Å². The second-order valence-electron chi connectivity index (χ2n) is 6.91. The Labute approximate surface area is 165 Å². The molecule has 0 spiro atoms. The van der Waals surface area contributed by atoms with Crippen LogP contribution in [0.25, 0.3) is 11.1 Å². The van der Waals surface area contributed by atoms with Crippen LogP contribution in [-0.2, 0) is 9.53 Å². The lowest BCUT2D eigenvalue weighted by molar-refractivity contribution is -0.140. The number of hydrogen-bond donors (Lipinski definition) is 1. The second kappa shape index (κ2) is 8.74. The molecule has 0 fully saturated rings. The molecule has 0 bridgehead atoms. The molecule has 0 saturated heterocycles. The third-order valence-corrected chi connectivity index (χ3v) is 5.07. The number of fused-ring (bicyclic) bond motifs is 3. The molecule has 5 nitrogen and oxygen atoms in total. The van der Waals surface area contributed by atoms with Crippen molar-refractivity contribution in [3.8, 4) is 11.1 Å². The highest BCUT2D eigenvalue weighted by Gasteiger charge is 2.31. The first-order valence-electron chi connectivity index (χ1n) is 9.51. The fraction of sp³-hybridized carbons (Fsp3) is 0.304. The predicted octanol–water partition coefficient (Wildman–Crippen LogP) is 4.68. The van der Waals surface area contributed by atoms with E-state index < -0.39 is 18.1 Å². The highest BCUT2D eigenvalue weighted by molar-refractivity contribution is 5.82. The number of unbranched alkanes of at least 4 members (excludes halogenated alkanes) is 1. The summed E-state index contributed by atoms with van der Waals surface area (Å²) in [5, 5.41) is 9.43. The lowest BCUT2D eigenvalue weighted by atomic mass is 9.98. The summed E-state index contributed by atoms with van der Waals surface area (Å²) in [7, 11) is 1.45. The van der Waals surface area contributed by atoms with Gasteiger partial charge in [-0.2, -0.15) is 0 Å². The molecular formula is C23H25NO4. The number of carboxylic acids is 1. The SMILES string of the molecule is CCCC=CC(C(=O)O)N(C)C(=O)OCC1c2ccccc2-c2ccccc21. The number of aliphatic carboxylic acids is 1. The molecule has 0 saturated carbocycles. The van der Waals surface area contributed by atoms with Crippen LogP contribution in [0.1, 0.15) is 36.8 Å². The summed E-state index contributed by atoms with van der Waals surface area (Å²) in [4.78, 5) is 25.2. The van der Waals surface area contributed by atoms with Crippen molar-refractivity contribution in [1.82, 2.24) is 4.90 Å². The Balaban J connectivity index is 1.73. The zero-order chi connectivity index (χ0) is 20.1. The first kappa shape index (κ1) is 19.7. The van der Waals surface area contributed by atoms with E-state index in [0.29, 0.717) is 0 Å². The van der Waals surface area contributed by atoms with Gasteiger partial charge in [0.25, 0.3) is 0 Å². The largest absolute Gasteiger partial charge is 0.479 e. The lowest BCUT2D eigenvalue weighted by Crippen LogP contribution is -2.41. The summed E-state index contributed by atoms with van der Waals surface area (Å²) in [6, 6.07) is 15.1. The molecule has 0 aromatic heterocycles. The summed E-state index contributed by atoms with van der Waals surface area (Å²) in [6.45, 7) is 2.18. The number of amides is 1. The van der Waals surface area contributed by atoms with Gasteiger partial charge in [0.05, 0.1) is 0 Å². The number of rotatable bonds is 7. The highest BCUT2D eigenvalue weighted by Crippen LogP contribution is 2.44. The van der Waals surface area contributed by atoms with E-state index >= 15 is 0 Å². The molecule has 0 heterocycles. The zero-order valence-corrected chi connectivity index (χ0v) is 16.2. The number of carbonyl (C=O) groups is 2. The van der Waals surface area contributed by atoms with Crippen molar-refractivity contribution in [2.45, 2.75) is 31.7 Å². The topological polar surface area (TPSA) is 66.8 Å². The molecule has 1 N–H and O–H groups in total. The maximum absolute atomic E-state index is 12.5. The van der Waals surface area contributed by atoms with Crippen LogP contribution >= 0.6 is 0 Å². The minimum atomic E-state index is -1.08. The molecule has 2 aromatic carbocycles. The average molecular weight is 379 g/mol. The van der Waals surface area contributed by atoms with Gasteiger partial charge in [0, 0.05) is 13.0 Å². The van der Waals surface area contributed by atoms with E-state index in [2.05, 4.69) is 12.1 Å². The van der Waals surface area contributed by atoms with Crippen LogP contribution in [-0.4, -0.2) is 41.8 Å². The fourth-order valence-corrected chi connectivity index (χ4v) is 3.58. The molecule has 5 heteroatoms.